The molecule has 0 unspecified atom stereocenters. The Bertz CT molecular complexity index is 1050. The van der Waals surface area contributed by atoms with Crippen molar-refractivity contribution in [2.24, 2.45) is 0 Å². The molecule has 1 atom stereocenters. The lowest BCUT2D eigenvalue weighted by molar-refractivity contribution is -0.126. The molecule has 0 bridgehead atoms. The van der Waals surface area contributed by atoms with Gasteiger partial charge < -0.3 is 19.1 Å². The molecule has 6 heteroatoms. The summed E-state index contributed by atoms with van der Waals surface area (Å²) in [6, 6.07) is 11.6. The van der Waals surface area contributed by atoms with Gasteiger partial charge in [0.05, 0.1) is 6.04 Å². The Morgan fingerprint density at radius 1 is 1.03 bits per heavy atom. The number of halogens is 1. The first kappa shape index (κ1) is 19.1. The Hall–Kier alpha value is -2.92. The second kappa shape index (κ2) is 8.07. The summed E-state index contributed by atoms with van der Waals surface area (Å²) in [5.41, 5.74) is 2.95. The molecule has 154 valence electrons. The van der Waals surface area contributed by atoms with Gasteiger partial charge in [0.25, 0.3) is 0 Å². The zero-order valence-electron chi connectivity index (χ0n) is 16.5. The Morgan fingerprint density at radius 3 is 2.77 bits per heavy atom. The number of amides is 1. The summed E-state index contributed by atoms with van der Waals surface area (Å²) in [4.78, 5) is 14.9. The van der Waals surface area contributed by atoms with Crippen LogP contribution in [0.5, 0.6) is 17.2 Å². The number of carbonyl (C=O) groups excluding carboxylic acids is 1. The molecule has 5 nitrogen and oxygen atoms in total. The first-order chi connectivity index (χ1) is 14.7. The second-order valence-corrected chi connectivity index (χ2v) is 8.05. The van der Waals surface area contributed by atoms with Crippen LogP contribution in [0, 0.1) is 0 Å². The normalized spacial score (nSPS) is 20.0. The number of likely N-dealkylation sites (tertiary alicyclic amines) is 1. The molecule has 30 heavy (non-hydrogen) atoms. The molecule has 3 aliphatic heterocycles. The van der Waals surface area contributed by atoms with Gasteiger partial charge in [0.15, 0.2) is 11.5 Å². The van der Waals surface area contributed by atoms with Crippen LogP contribution in [0.4, 0.5) is 0 Å². The zero-order valence-corrected chi connectivity index (χ0v) is 17.2. The van der Waals surface area contributed by atoms with Crippen molar-refractivity contribution in [3.05, 3.63) is 70.3 Å². The summed E-state index contributed by atoms with van der Waals surface area (Å²) in [5.74, 6) is 2.34. The zero-order chi connectivity index (χ0) is 20.5. The molecule has 0 spiro atoms. The summed E-state index contributed by atoms with van der Waals surface area (Å²) in [6.45, 7) is 2.31. The van der Waals surface area contributed by atoms with Crippen molar-refractivity contribution in [1.82, 2.24) is 4.90 Å². The number of hydrogen-bond acceptors (Lipinski definition) is 4. The van der Waals surface area contributed by atoms with E-state index in [-0.39, 0.29) is 11.9 Å². The quantitative estimate of drug-likeness (QED) is 0.665. The molecule has 0 saturated carbocycles. The van der Waals surface area contributed by atoms with Crippen LogP contribution in [-0.4, -0.2) is 37.2 Å². The van der Waals surface area contributed by atoms with Crippen LogP contribution in [0.3, 0.4) is 0 Å². The highest BCUT2D eigenvalue weighted by atomic mass is 35.5. The minimum Gasteiger partial charge on any atom is -0.488 e. The van der Waals surface area contributed by atoms with Crippen LogP contribution in [0.1, 0.15) is 30.0 Å². The van der Waals surface area contributed by atoms with Crippen molar-refractivity contribution in [3.8, 4) is 17.2 Å². The van der Waals surface area contributed by atoms with Gasteiger partial charge in [0.2, 0.25) is 5.91 Å². The summed E-state index contributed by atoms with van der Waals surface area (Å²) in [7, 11) is 0. The molecule has 0 N–H and O–H groups in total. The standard InChI is InChI=1S/C24H22ClNO4/c25-19-5-7-21-18(13-19)12-16(15-30-21)3-8-24(27)26-9-1-2-20(26)17-4-6-22-23(14-17)29-11-10-28-22/h3-8,12-14,20H,1-2,9-11,15H2/b8-3-/t20-/m1/s1. The fourth-order valence-corrected chi connectivity index (χ4v) is 4.36. The molecule has 2 aromatic rings. The Balaban J connectivity index is 1.32. The second-order valence-electron chi connectivity index (χ2n) is 7.62. The average Bonchev–Trinajstić information content (AvgIpc) is 3.27. The summed E-state index contributed by atoms with van der Waals surface area (Å²) >= 11 is 6.08. The largest absolute Gasteiger partial charge is 0.488 e. The summed E-state index contributed by atoms with van der Waals surface area (Å²) in [6.07, 6.45) is 7.41. The van der Waals surface area contributed by atoms with Gasteiger partial charge in [-0.15, -0.1) is 0 Å². The third-order valence-electron chi connectivity index (χ3n) is 5.63. The summed E-state index contributed by atoms with van der Waals surface area (Å²) in [5, 5.41) is 0.661. The smallest absolute Gasteiger partial charge is 0.247 e. The lowest BCUT2D eigenvalue weighted by Gasteiger charge is -2.26. The monoisotopic (exact) mass is 423 g/mol. The molecule has 1 amide bonds. The van der Waals surface area contributed by atoms with Crippen LogP contribution in [0.2, 0.25) is 5.02 Å². The third kappa shape index (κ3) is 3.77. The number of ether oxygens (including phenoxy) is 3. The third-order valence-corrected chi connectivity index (χ3v) is 5.87. The molecular weight excluding hydrogens is 402 g/mol. The predicted molar refractivity (Wildman–Crippen MR) is 115 cm³/mol. The van der Waals surface area contributed by atoms with Crippen molar-refractivity contribution < 1.29 is 19.0 Å². The van der Waals surface area contributed by atoms with E-state index in [2.05, 4.69) is 0 Å². The maximum absolute atomic E-state index is 13.0. The average molecular weight is 424 g/mol. The SMILES string of the molecule is O=C(/C=C\C1=Cc2cc(Cl)ccc2OC1)N1CCC[C@@H]1c1ccc2c(c1)OCCO2. The van der Waals surface area contributed by atoms with Gasteiger partial charge in [-0.1, -0.05) is 23.7 Å². The van der Waals surface area contributed by atoms with E-state index in [0.717, 1.165) is 53.3 Å². The van der Waals surface area contributed by atoms with Gasteiger partial charge >= 0.3 is 0 Å². The number of carbonyl (C=O) groups is 1. The molecule has 0 aliphatic carbocycles. The highest BCUT2D eigenvalue weighted by molar-refractivity contribution is 6.30. The van der Waals surface area contributed by atoms with Crippen LogP contribution in [0.15, 0.2) is 54.1 Å². The van der Waals surface area contributed by atoms with Crippen molar-refractivity contribution in [3.63, 3.8) is 0 Å². The number of nitrogens with zero attached hydrogens (tertiary/aromatic N) is 1. The Kier molecular flexibility index (Phi) is 5.13. The topological polar surface area (TPSA) is 48.0 Å². The van der Waals surface area contributed by atoms with Gasteiger partial charge in [-0.2, -0.15) is 0 Å². The minimum absolute atomic E-state index is 0.00480. The predicted octanol–water partition coefficient (Wildman–Crippen LogP) is 4.81. The molecule has 1 fully saturated rings. The molecular formula is C24H22ClNO4. The van der Waals surface area contributed by atoms with Gasteiger partial charge in [0, 0.05) is 23.2 Å². The maximum atomic E-state index is 13.0. The number of rotatable bonds is 3. The van der Waals surface area contributed by atoms with Gasteiger partial charge in [0.1, 0.15) is 25.6 Å². The summed E-state index contributed by atoms with van der Waals surface area (Å²) < 4.78 is 17.1. The fourth-order valence-electron chi connectivity index (χ4n) is 4.18. The van der Waals surface area contributed by atoms with E-state index in [1.165, 1.54) is 0 Å². The van der Waals surface area contributed by atoms with E-state index in [4.69, 9.17) is 25.8 Å². The van der Waals surface area contributed by atoms with Crippen LogP contribution in [-0.2, 0) is 4.79 Å². The molecule has 2 aromatic carbocycles. The molecule has 1 saturated heterocycles. The molecule has 0 aromatic heterocycles. The molecule has 3 aliphatic rings. The van der Waals surface area contributed by atoms with E-state index < -0.39 is 0 Å². The number of benzene rings is 2. The van der Waals surface area contributed by atoms with E-state index in [1.807, 2.05) is 53.5 Å². The van der Waals surface area contributed by atoms with Crippen LogP contribution < -0.4 is 14.2 Å². The lowest BCUT2D eigenvalue weighted by atomic mass is 10.0. The highest BCUT2D eigenvalue weighted by Crippen LogP contribution is 2.38. The van der Waals surface area contributed by atoms with E-state index >= 15 is 0 Å². The maximum Gasteiger partial charge on any atom is 0.247 e. The first-order valence-corrected chi connectivity index (χ1v) is 10.6. The van der Waals surface area contributed by atoms with Gasteiger partial charge in [-0.25, -0.2) is 0 Å². The highest BCUT2D eigenvalue weighted by Gasteiger charge is 2.30. The fraction of sp³-hybridized carbons (Fsp3) is 0.292. The molecule has 5 rings (SSSR count). The molecule has 3 heterocycles. The van der Waals surface area contributed by atoms with Crippen LogP contribution >= 0.6 is 11.6 Å². The Labute approximate surface area is 180 Å². The van der Waals surface area contributed by atoms with E-state index in [1.54, 1.807) is 6.08 Å². The van der Waals surface area contributed by atoms with Gasteiger partial charge in [-0.3, -0.25) is 4.79 Å². The van der Waals surface area contributed by atoms with Gasteiger partial charge in [-0.05, 0) is 60.4 Å². The molecule has 0 radical (unpaired) electrons. The minimum atomic E-state index is 0.00480. The number of fused-ring (bicyclic) bond motifs is 2. The van der Waals surface area contributed by atoms with E-state index in [0.29, 0.717) is 24.8 Å². The first-order valence-electron chi connectivity index (χ1n) is 10.2. The van der Waals surface area contributed by atoms with Crippen molar-refractivity contribution in [2.75, 3.05) is 26.4 Å². The number of hydrogen-bond donors (Lipinski definition) is 0. The Morgan fingerprint density at radius 2 is 1.87 bits per heavy atom. The van der Waals surface area contributed by atoms with Crippen molar-refractivity contribution in [1.29, 1.82) is 0 Å². The van der Waals surface area contributed by atoms with Crippen molar-refractivity contribution in [2.45, 2.75) is 18.9 Å². The lowest BCUT2D eigenvalue weighted by Crippen LogP contribution is -2.29. The van der Waals surface area contributed by atoms with E-state index in [9.17, 15) is 4.79 Å². The van der Waals surface area contributed by atoms with Crippen LogP contribution in [0.25, 0.3) is 6.08 Å². The van der Waals surface area contributed by atoms with Crippen molar-refractivity contribution >= 4 is 23.6 Å².